The Morgan fingerprint density at radius 3 is 2.54 bits per heavy atom. The van der Waals surface area contributed by atoms with Crippen molar-refractivity contribution in [2.45, 2.75) is 13.3 Å². The molecule has 0 saturated carbocycles. The number of aromatic nitrogens is 3. The topological polar surface area (TPSA) is 80.9 Å². The van der Waals surface area contributed by atoms with Gasteiger partial charge in [0.25, 0.3) is 5.91 Å². The molecule has 0 aliphatic heterocycles. The summed E-state index contributed by atoms with van der Waals surface area (Å²) < 4.78 is 5.39. The molecule has 1 N–H and O–H groups in total. The summed E-state index contributed by atoms with van der Waals surface area (Å²) in [4.78, 5) is 21.0. The number of para-hydroxylation sites is 1. The van der Waals surface area contributed by atoms with Crippen LogP contribution in [0.2, 0.25) is 0 Å². The third-order valence-corrected chi connectivity index (χ3v) is 4.33. The summed E-state index contributed by atoms with van der Waals surface area (Å²) in [6.45, 7) is 1.99. The molecule has 0 saturated heterocycles. The van der Waals surface area contributed by atoms with Crippen molar-refractivity contribution in [1.82, 2.24) is 15.1 Å². The number of hydrogen-bond acceptors (Lipinski definition) is 5. The van der Waals surface area contributed by atoms with Crippen molar-refractivity contribution in [3.63, 3.8) is 0 Å². The van der Waals surface area contributed by atoms with E-state index < -0.39 is 0 Å². The zero-order valence-electron chi connectivity index (χ0n) is 15.3. The first-order chi connectivity index (χ1) is 13.7. The minimum absolute atomic E-state index is 0.157. The van der Waals surface area contributed by atoms with E-state index in [9.17, 15) is 4.79 Å². The van der Waals surface area contributed by atoms with E-state index in [0.29, 0.717) is 23.7 Å². The second kappa shape index (κ2) is 7.84. The van der Waals surface area contributed by atoms with Crippen LogP contribution in [0.25, 0.3) is 11.4 Å². The molecule has 2 aromatic carbocycles. The average molecular weight is 370 g/mol. The first-order valence-corrected chi connectivity index (χ1v) is 8.88. The maximum atomic E-state index is 12.6. The fourth-order valence-corrected chi connectivity index (χ4v) is 2.80. The van der Waals surface area contributed by atoms with Crippen molar-refractivity contribution < 1.29 is 9.32 Å². The molecular weight excluding hydrogens is 352 g/mol. The van der Waals surface area contributed by atoms with Crippen molar-refractivity contribution in [3.05, 3.63) is 95.6 Å². The Labute approximate surface area is 162 Å². The lowest BCUT2D eigenvalue weighted by Gasteiger charge is -2.10. The molecule has 138 valence electrons. The summed E-state index contributed by atoms with van der Waals surface area (Å²) in [6.07, 6.45) is 3.78. The molecule has 6 heteroatoms. The largest absolute Gasteiger partial charge is 0.339 e. The van der Waals surface area contributed by atoms with Crippen LogP contribution in [0.4, 0.5) is 5.69 Å². The van der Waals surface area contributed by atoms with Crippen LogP contribution in [-0.4, -0.2) is 21.0 Å². The number of amides is 1. The number of pyridine rings is 1. The molecule has 0 aliphatic carbocycles. The van der Waals surface area contributed by atoms with E-state index in [1.54, 1.807) is 12.4 Å². The number of anilines is 1. The first kappa shape index (κ1) is 17.6. The standard InChI is InChI=1S/C22H18N4O2/c1-15-6-8-17(9-7-15)22(27)24-19-5-3-2-4-18(19)14-20-25-21(26-28-20)16-10-12-23-13-11-16/h2-13H,14H2,1H3,(H,24,27). The highest BCUT2D eigenvalue weighted by Crippen LogP contribution is 2.21. The van der Waals surface area contributed by atoms with Crippen molar-refractivity contribution in [2.75, 3.05) is 5.32 Å². The SMILES string of the molecule is Cc1ccc(C(=O)Nc2ccccc2Cc2nc(-c3ccncc3)no2)cc1. The second-order valence-electron chi connectivity index (χ2n) is 6.40. The monoisotopic (exact) mass is 370 g/mol. The molecule has 0 spiro atoms. The van der Waals surface area contributed by atoms with Gasteiger partial charge >= 0.3 is 0 Å². The predicted octanol–water partition coefficient (Wildman–Crippen LogP) is 4.28. The van der Waals surface area contributed by atoms with Crippen LogP contribution in [-0.2, 0) is 6.42 Å². The number of nitrogens with one attached hydrogen (secondary N) is 1. The zero-order valence-corrected chi connectivity index (χ0v) is 15.3. The van der Waals surface area contributed by atoms with Crippen LogP contribution >= 0.6 is 0 Å². The minimum Gasteiger partial charge on any atom is -0.339 e. The van der Waals surface area contributed by atoms with E-state index in [-0.39, 0.29) is 5.91 Å². The lowest BCUT2D eigenvalue weighted by Crippen LogP contribution is -2.13. The normalized spacial score (nSPS) is 10.6. The van der Waals surface area contributed by atoms with E-state index in [4.69, 9.17) is 4.52 Å². The number of rotatable bonds is 5. The number of benzene rings is 2. The Morgan fingerprint density at radius 1 is 1.00 bits per heavy atom. The second-order valence-corrected chi connectivity index (χ2v) is 6.40. The summed E-state index contributed by atoms with van der Waals surface area (Å²) >= 11 is 0. The van der Waals surface area contributed by atoms with Crippen LogP contribution in [0.15, 0.2) is 77.6 Å². The molecule has 0 aliphatic rings. The molecule has 0 unspecified atom stereocenters. The number of carbonyl (C=O) groups excluding carboxylic acids is 1. The Hall–Kier alpha value is -3.80. The van der Waals surface area contributed by atoms with E-state index in [1.807, 2.05) is 67.6 Å². The van der Waals surface area contributed by atoms with Crippen molar-refractivity contribution >= 4 is 11.6 Å². The van der Waals surface area contributed by atoms with Gasteiger partial charge in [0.1, 0.15) is 0 Å². The number of hydrogen-bond donors (Lipinski definition) is 1. The van der Waals surface area contributed by atoms with Crippen molar-refractivity contribution in [2.24, 2.45) is 0 Å². The summed E-state index contributed by atoms with van der Waals surface area (Å²) in [5.41, 5.74) is 4.17. The highest BCUT2D eigenvalue weighted by molar-refractivity contribution is 6.04. The van der Waals surface area contributed by atoms with Crippen molar-refractivity contribution in [3.8, 4) is 11.4 Å². The quantitative estimate of drug-likeness (QED) is 0.567. The molecular formula is C22H18N4O2. The Kier molecular flexibility index (Phi) is 4.93. The van der Waals surface area contributed by atoms with Gasteiger partial charge in [-0.15, -0.1) is 0 Å². The molecule has 0 radical (unpaired) electrons. The zero-order chi connectivity index (χ0) is 19.3. The summed E-state index contributed by atoms with van der Waals surface area (Å²) in [7, 11) is 0. The Morgan fingerprint density at radius 2 is 1.75 bits per heavy atom. The third-order valence-electron chi connectivity index (χ3n) is 4.33. The van der Waals surface area contributed by atoms with Crippen LogP contribution in [0.5, 0.6) is 0 Å². The molecule has 2 heterocycles. The van der Waals surface area contributed by atoms with Crippen molar-refractivity contribution in [1.29, 1.82) is 0 Å². The summed E-state index contributed by atoms with van der Waals surface area (Å²) in [5, 5.41) is 7.00. The molecule has 6 nitrogen and oxygen atoms in total. The Balaban J connectivity index is 1.53. The lowest BCUT2D eigenvalue weighted by atomic mass is 10.1. The number of carbonyl (C=O) groups is 1. The smallest absolute Gasteiger partial charge is 0.255 e. The molecule has 2 aromatic heterocycles. The number of aryl methyl sites for hydroxylation is 1. The first-order valence-electron chi connectivity index (χ1n) is 8.88. The van der Waals surface area contributed by atoms with E-state index in [2.05, 4.69) is 20.4 Å². The van der Waals surface area contributed by atoms with Crippen LogP contribution in [0.3, 0.4) is 0 Å². The van der Waals surface area contributed by atoms with E-state index in [1.165, 1.54) is 0 Å². The highest BCUT2D eigenvalue weighted by Gasteiger charge is 2.13. The molecule has 1 amide bonds. The fourth-order valence-electron chi connectivity index (χ4n) is 2.80. The van der Waals surface area contributed by atoms with Gasteiger partial charge in [0.05, 0.1) is 6.42 Å². The molecule has 0 fully saturated rings. The lowest BCUT2D eigenvalue weighted by molar-refractivity contribution is 0.102. The molecule has 4 aromatic rings. The minimum atomic E-state index is -0.157. The maximum absolute atomic E-state index is 12.6. The molecule has 0 atom stereocenters. The van der Waals surface area contributed by atoms with Crippen LogP contribution in [0, 0.1) is 6.92 Å². The third kappa shape index (κ3) is 3.96. The maximum Gasteiger partial charge on any atom is 0.255 e. The molecule has 0 bridgehead atoms. The van der Waals surface area contributed by atoms with Crippen LogP contribution < -0.4 is 5.32 Å². The average Bonchev–Trinajstić information content (AvgIpc) is 3.19. The van der Waals surface area contributed by atoms with Gasteiger partial charge in [0, 0.05) is 29.2 Å². The predicted molar refractivity (Wildman–Crippen MR) is 106 cm³/mol. The fraction of sp³-hybridized carbons (Fsp3) is 0.0909. The summed E-state index contributed by atoms with van der Waals surface area (Å²) in [5.74, 6) is 0.831. The van der Waals surface area contributed by atoms with Gasteiger partial charge in [0.2, 0.25) is 11.7 Å². The van der Waals surface area contributed by atoms with Gasteiger partial charge in [-0.05, 0) is 42.8 Å². The van der Waals surface area contributed by atoms with Gasteiger partial charge in [-0.2, -0.15) is 4.98 Å². The van der Waals surface area contributed by atoms with E-state index >= 15 is 0 Å². The molecule has 28 heavy (non-hydrogen) atoms. The molecule has 4 rings (SSSR count). The summed E-state index contributed by atoms with van der Waals surface area (Å²) in [6, 6.07) is 18.7. The van der Waals surface area contributed by atoms with Gasteiger partial charge in [-0.25, -0.2) is 0 Å². The van der Waals surface area contributed by atoms with Gasteiger partial charge in [0.15, 0.2) is 0 Å². The Bertz CT molecular complexity index is 1090. The van der Waals surface area contributed by atoms with Crippen LogP contribution in [0.1, 0.15) is 27.4 Å². The van der Waals surface area contributed by atoms with Gasteiger partial charge in [-0.3, -0.25) is 9.78 Å². The van der Waals surface area contributed by atoms with Gasteiger partial charge in [-0.1, -0.05) is 41.1 Å². The highest BCUT2D eigenvalue weighted by atomic mass is 16.5. The van der Waals surface area contributed by atoms with E-state index in [0.717, 1.165) is 22.4 Å². The number of nitrogens with zero attached hydrogens (tertiary/aromatic N) is 3. The van der Waals surface area contributed by atoms with Gasteiger partial charge < -0.3 is 9.84 Å².